The van der Waals surface area contributed by atoms with Gasteiger partial charge in [-0.15, -0.1) is 0 Å². The van der Waals surface area contributed by atoms with Gasteiger partial charge in [0.2, 0.25) is 0 Å². The second-order valence-electron chi connectivity index (χ2n) is 8.16. The molecule has 0 N–H and O–H groups in total. The van der Waals surface area contributed by atoms with Crippen LogP contribution < -0.4 is 9.64 Å². The summed E-state index contributed by atoms with van der Waals surface area (Å²) in [4.78, 5) is 4.77. The first-order valence-electron chi connectivity index (χ1n) is 10.5. The number of hydrogen-bond donors (Lipinski definition) is 0. The van der Waals surface area contributed by atoms with Gasteiger partial charge in [-0.3, -0.25) is 0 Å². The number of rotatable bonds is 7. The van der Waals surface area contributed by atoms with Gasteiger partial charge in [0.05, 0.1) is 7.11 Å². The quantitative estimate of drug-likeness (QED) is 0.382. The van der Waals surface area contributed by atoms with E-state index in [1.165, 1.54) is 32.8 Å². The van der Waals surface area contributed by atoms with Crippen LogP contribution >= 0.6 is 0 Å². The van der Waals surface area contributed by atoms with Crippen molar-refractivity contribution in [3.63, 3.8) is 0 Å². The maximum Gasteiger partial charge on any atom is 0.124 e. The molecule has 3 heteroatoms. The Balaban J connectivity index is 1.85. The number of anilines is 1. The van der Waals surface area contributed by atoms with Gasteiger partial charge in [-0.1, -0.05) is 66.7 Å². The Bertz CT molecular complexity index is 1150. The highest BCUT2D eigenvalue weighted by Gasteiger charge is 2.18. The SMILES string of the molecule is COc1ccc2ccccc2c1CN(CC(C)N(C)C)c1cccc2ccccc12. The molecule has 3 nitrogen and oxygen atoms in total. The molecule has 0 heterocycles. The summed E-state index contributed by atoms with van der Waals surface area (Å²) in [6, 6.07) is 28.4. The third-order valence-corrected chi connectivity index (χ3v) is 6.04. The molecule has 0 aliphatic carbocycles. The van der Waals surface area contributed by atoms with Crippen molar-refractivity contribution >= 4 is 27.2 Å². The first-order valence-corrected chi connectivity index (χ1v) is 10.5. The molecule has 1 atom stereocenters. The first kappa shape index (κ1) is 20.2. The van der Waals surface area contributed by atoms with E-state index in [1.807, 2.05) is 0 Å². The summed E-state index contributed by atoms with van der Waals surface area (Å²) in [7, 11) is 6.05. The molecule has 154 valence electrons. The molecule has 0 spiro atoms. The Morgan fingerprint density at radius 2 is 1.40 bits per heavy atom. The predicted molar refractivity (Wildman–Crippen MR) is 129 cm³/mol. The third-order valence-electron chi connectivity index (χ3n) is 6.04. The van der Waals surface area contributed by atoms with Crippen LogP contribution in [0.3, 0.4) is 0 Å². The van der Waals surface area contributed by atoms with Crippen LogP contribution in [0.4, 0.5) is 5.69 Å². The Morgan fingerprint density at radius 3 is 2.10 bits per heavy atom. The Kier molecular flexibility index (Phi) is 5.91. The van der Waals surface area contributed by atoms with Gasteiger partial charge in [0.1, 0.15) is 5.75 Å². The van der Waals surface area contributed by atoms with Crippen LogP contribution in [-0.2, 0) is 6.54 Å². The van der Waals surface area contributed by atoms with Gasteiger partial charge >= 0.3 is 0 Å². The van der Waals surface area contributed by atoms with Crippen molar-refractivity contribution in [2.75, 3.05) is 32.6 Å². The molecule has 4 rings (SSSR count). The largest absolute Gasteiger partial charge is 0.496 e. The van der Waals surface area contributed by atoms with Gasteiger partial charge in [0.15, 0.2) is 0 Å². The van der Waals surface area contributed by atoms with E-state index in [2.05, 4.69) is 110 Å². The molecular weight excluding hydrogens is 368 g/mol. The zero-order chi connectivity index (χ0) is 21.1. The first-order chi connectivity index (χ1) is 14.6. The maximum absolute atomic E-state index is 5.79. The van der Waals surface area contributed by atoms with E-state index in [1.54, 1.807) is 7.11 Å². The number of methoxy groups -OCH3 is 1. The molecule has 0 amide bonds. The molecule has 4 aromatic rings. The molecule has 0 aliphatic heterocycles. The zero-order valence-electron chi connectivity index (χ0n) is 18.3. The predicted octanol–water partition coefficient (Wildman–Crippen LogP) is 5.96. The summed E-state index contributed by atoms with van der Waals surface area (Å²) in [5.41, 5.74) is 2.49. The topological polar surface area (TPSA) is 15.7 Å². The van der Waals surface area contributed by atoms with Gasteiger partial charge in [0.25, 0.3) is 0 Å². The molecule has 0 bridgehead atoms. The molecule has 30 heavy (non-hydrogen) atoms. The molecule has 0 aromatic heterocycles. The van der Waals surface area contributed by atoms with Gasteiger partial charge in [0, 0.05) is 35.8 Å². The van der Waals surface area contributed by atoms with Gasteiger partial charge in [-0.2, -0.15) is 0 Å². The van der Waals surface area contributed by atoms with Crippen LogP contribution in [-0.4, -0.2) is 38.7 Å². The number of fused-ring (bicyclic) bond motifs is 2. The average molecular weight is 399 g/mol. The van der Waals surface area contributed by atoms with E-state index >= 15 is 0 Å². The van der Waals surface area contributed by atoms with Crippen LogP contribution in [0.25, 0.3) is 21.5 Å². The van der Waals surface area contributed by atoms with Crippen molar-refractivity contribution in [1.82, 2.24) is 4.90 Å². The van der Waals surface area contributed by atoms with E-state index in [9.17, 15) is 0 Å². The van der Waals surface area contributed by atoms with Crippen molar-refractivity contribution in [3.05, 3.63) is 84.4 Å². The van der Waals surface area contributed by atoms with Crippen molar-refractivity contribution < 1.29 is 4.74 Å². The summed E-state index contributed by atoms with van der Waals surface area (Å²) >= 11 is 0. The molecule has 0 saturated carbocycles. The van der Waals surface area contributed by atoms with E-state index in [0.717, 1.165) is 18.8 Å². The van der Waals surface area contributed by atoms with Crippen LogP contribution in [0.1, 0.15) is 12.5 Å². The van der Waals surface area contributed by atoms with E-state index in [4.69, 9.17) is 4.74 Å². The van der Waals surface area contributed by atoms with Crippen molar-refractivity contribution in [3.8, 4) is 5.75 Å². The normalized spacial score (nSPS) is 12.4. The van der Waals surface area contributed by atoms with Crippen molar-refractivity contribution in [2.45, 2.75) is 19.5 Å². The number of hydrogen-bond acceptors (Lipinski definition) is 3. The number of benzene rings is 4. The Hall–Kier alpha value is -3.04. The lowest BCUT2D eigenvalue weighted by atomic mass is 10.0. The van der Waals surface area contributed by atoms with Gasteiger partial charge in [-0.25, -0.2) is 0 Å². The number of nitrogens with zero attached hydrogens (tertiary/aromatic N) is 2. The summed E-state index contributed by atoms with van der Waals surface area (Å²) in [5, 5.41) is 5.04. The van der Waals surface area contributed by atoms with Crippen LogP contribution in [0.2, 0.25) is 0 Å². The fourth-order valence-corrected chi connectivity index (χ4v) is 4.08. The summed E-state index contributed by atoms with van der Waals surface area (Å²) in [6.07, 6.45) is 0. The number of ether oxygens (including phenoxy) is 1. The zero-order valence-corrected chi connectivity index (χ0v) is 18.3. The molecule has 1 unspecified atom stereocenters. The highest BCUT2D eigenvalue weighted by molar-refractivity contribution is 5.95. The second kappa shape index (κ2) is 8.76. The molecule has 0 saturated heterocycles. The monoisotopic (exact) mass is 398 g/mol. The highest BCUT2D eigenvalue weighted by Crippen LogP contribution is 2.33. The van der Waals surface area contributed by atoms with Crippen LogP contribution in [0.15, 0.2) is 78.9 Å². The Labute approximate surface area is 179 Å². The van der Waals surface area contributed by atoms with E-state index < -0.39 is 0 Å². The molecular formula is C27H30N2O. The second-order valence-corrected chi connectivity index (χ2v) is 8.16. The maximum atomic E-state index is 5.79. The molecule has 0 radical (unpaired) electrons. The molecule has 0 fully saturated rings. The molecule has 0 aliphatic rings. The summed E-state index contributed by atoms with van der Waals surface area (Å²) in [6.45, 7) is 3.99. The average Bonchev–Trinajstić information content (AvgIpc) is 2.78. The van der Waals surface area contributed by atoms with E-state index in [-0.39, 0.29) is 0 Å². The van der Waals surface area contributed by atoms with Crippen molar-refractivity contribution in [1.29, 1.82) is 0 Å². The molecule has 4 aromatic carbocycles. The standard InChI is InChI=1S/C27H30N2O/c1-20(28(2)3)18-29(26-15-9-12-21-10-6-8-14-24(21)26)19-25-23-13-7-5-11-22(23)16-17-27(25)30-4/h5-17,20H,18-19H2,1-4H3. The Morgan fingerprint density at radius 1 is 0.767 bits per heavy atom. The smallest absolute Gasteiger partial charge is 0.124 e. The van der Waals surface area contributed by atoms with Gasteiger partial charge in [-0.05, 0) is 49.3 Å². The summed E-state index contributed by atoms with van der Waals surface area (Å²) in [5.74, 6) is 0.941. The van der Waals surface area contributed by atoms with Crippen LogP contribution in [0.5, 0.6) is 5.75 Å². The minimum Gasteiger partial charge on any atom is -0.496 e. The third kappa shape index (κ3) is 3.99. The van der Waals surface area contributed by atoms with E-state index in [0.29, 0.717) is 6.04 Å². The van der Waals surface area contributed by atoms with Gasteiger partial charge < -0.3 is 14.5 Å². The lowest BCUT2D eigenvalue weighted by molar-refractivity contribution is 0.314. The van der Waals surface area contributed by atoms with Crippen molar-refractivity contribution in [2.24, 2.45) is 0 Å². The fraction of sp³-hybridized carbons (Fsp3) is 0.259. The minimum absolute atomic E-state index is 0.407. The summed E-state index contributed by atoms with van der Waals surface area (Å²) < 4.78 is 5.79. The van der Waals surface area contributed by atoms with Crippen LogP contribution in [0, 0.1) is 0 Å². The fourth-order valence-electron chi connectivity index (χ4n) is 4.08. The lowest BCUT2D eigenvalue weighted by Crippen LogP contribution is -2.38. The lowest BCUT2D eigenvalue weighted by Gasteiger charge is -2.32. The highest BCUT2D eigenvalue weighted by atomic mass is 16.5. The minimum atomic E-state index is 0.407. The number of likely N-dealkylation sites (N-methyl/N-ethyl adjacent to an activating group) is 1.